The van der Waals surface area contributed by atoms with Crippen LogP contribution in [0.1, 0.15) is 44.9 Å². The van der Waals surface area contributed by atoms with Gasteiger partial charge in [-0.1, -0.05) is 19.3 Å². The van der Waals surface area contributed by atoms with Crippen molar-refractivity contribution < 1.29 is 27.6 Å². The molecule has 10 heteroatoms. The fourth-order valence-electron chi connectivity index (χ4n) is 3.64. The Morgan fingerprint density at radius 1 is 1.26 bits per heavy atom. The van der Waals surface area contributed by atoms with Crippen molar-refractivity contribution in [2.75, 3.05) is 33.2 Å². The summed E-state index contributed by atoms with van der Waals surface area (Å²) in [6.45, 7) is -0.540. The molecule has 1 aliphatic carbocycles. The molecule has 0 radical (unpaired) electrons. The van der Waals surface area contributed by atoms with Gasteiger partial charge in [0, 0.05) is 19.5 Å². The number of nitrogens with one attached hydrogen (secondary N) is 2. The zero-order valence-electron chi connectivity index (χ0n) is 15.5. The summed E-state index contributed by atoms with van der Waals surface area (Å²) in [6.07, 6.45) is 0.212. The molecular weight excluding hydrogens is 365 g/mol. The molecule has 0 atom stereocenters. The van der Waals surface area contributed by atoms with E-state index in [1.165, 1.54) is 7.05 Å². The zero-order chi connectivity index (χ0) is 20.1. The molecule has 1 spiro atoms. The molecule has 0 aromatic heterocycles. The fraction of sp³-hybridized carbons (Fsp3) is 0.824. The number of alkyl halides is 3. The maximum Gasteiger partial charge on any atom is 0.401 e. The number of nitrogens with zero attached hydrogens (tertiary/aromatic N) is 2. The zero-order valence-corrected chi connectivity index (χ0v) is 15.5. The minimum Gasteiger partial charge on any atom is -0.356 e. The number of carbonyl (C=O) groups is 3. The van der Waals surface area contributed by atoms with E-state index in [-0.39, 0.29) is 37.9 Å². The molecule has 2 fully saturated rings. The molecule has 27 heavy (non-hydrogen) atoms. The van der Waals surface area contributed by atoms with Crippen LogP contribution in [-0.2, 0) is 9.59 Å². The highest BCUT2D eigenvalue weighted by Gasteiger charge is 2.51. The van der Waals surface area contributed by atoms with Gasteiger partial charge in [-0.15, -0.1) is 0 Å². The Kier molecular flexibility index (Phi) is 7.07. The molecule has 1 heterocycles. The standard InChI is InChI=1S/C17H27F3N4O3/c1-23(12-17(18,19)20)10-5-9-21-13(25)6-11-24-14(26)16(22-15(24)27)7-3-2-4-8-16/h2-12H2,1H3,(H,21,25)(H,22,27). The molecule has 154 valence electrons. The van der Waals surface area contributed by atoms with Gasteiger partial charge in [-0.05, 0) is 32.9 Å². The average molecular weight is 392 g/mol. The lowest BCUT2D eigenvalue weighted by Gasteiger charge is -2.30. The first-order valence-corrected chi connectivity index (χ1v) is 9.29. The molecule has 1 aliphatic heterocycles. The van der Waals surface area contributed by atoms with Gasteiger partial charge in [-0.2, -0.15) is 13.2 Å². The number of amides is 4. The van der Waals surface area contributed by atoms with Crippen LogP contribution in [-0.4, -0.2) is 72.6 Å². The van der Waals surface area contributed by atoms with Crippen molar-refractivity contribution in [2.45, 2.75) is 56.7 Å². The second-order valence-corrected chi connectivity index (χ2v) is 7.34. The van der Waals surface area contributed by atoms with Crippen molar-refractivity contribution >= 4 is 17.8 Å². The van der Waals surface area contributed by atoms with Gasteiger partial charge in [-0.25, -0.2) is 4.79 Å². The molecule has 4 amide bonds. The van der Waals surface area contributed by atoms with E-state index in [0.717, 1.165) is 29.1 Å². The lowest BCUT2D eigenvalue weighted by atomic mass is 9.82. The predicted molar refractivity (Wildman–Crippen MR) is 91.9 cm³/mol. The van der Waals surface area contributed by atoms with E-state index in [1.54, 1.807) is 0 Å². The SMILES string of the molecule is CN(CCCNC(=O)CCN1C(=O)NC2(CCCCC2)C1=O)CC(F)(F)F. The number of imide groups is 1. The van der Waals surface area contributed by atoms with Crippen LogP contribution in [0.25, 0.3) is 0 Å². The normalized spacial score (nSPS) is 19.7. The third-order valence-electron chi connectivity index (χ3n) is 5.00. The predicted octanol–water partition coefficient (Wildman–Crippen LogP) is 1.63. The summed E-state index contributed by atoms with van der Waals surface area (Å²) in [5.41, 5.74) is -0.797. The molecule has 1 saturated carbocycles. The highest BCUT2D eigenvalue weighted by molar-refractivity contribution is 6.07. The van der Waals surface area contributed by atoms with Crippen molar-refractivity contribution in [1.29, 1.82) is 0 Å². The van der Waals surface area contributed by atoms with Gasteiger partial charge in [0.05, 0.1) is 6.54 Å². The van der Waals surface area contributed by atoms with Crippen LogP contribution in [0.3, 0.4) is 0 Å². The van der Waals surface area contributed by atoms with Crippen molar-refractivity contribution in [3.63, 3.8) is 0 Å². The lowest BCUT2D eigenvalue weighted by molar-refractivity contribution is -0.143. The molecule has 2 aliphatic rings. The van der Waals surface area contributed by atoms with Gasteiger partial charge in [-0.3, -0.25) is 19.4 Å². The smallest absolute Gasteiger partial charge is 0.356 e. The van der Waals surface area contributed by atoms with E-state index in [0.29, 0.717) is 19.3 Å². The second kappa shape index (κ2) is 8.90. The Morgan fingerprint density at radius 2 is 1.93 bits per heavy atom. The van der Waals surface area contributed by atoms with Gasteiger partial charge in [0.15, 0.2) is 0 Å². The summed E-state index contributed by atoms with van der Waals surface area (Å²) in [4.78, 5) is 38.8. The van der Waals surface area contributed by atoms with E-state index >= 15 is 0 Å². The number of halogens is 3. The molecule has 2 N–H and O–H groups in total. The summed E-state index contributed by atoms with van der Waals surface area (Å²) < 4.78 is 36.6. The topological polar surface area (TPSA) is 81.8 Å². The number of urea groups is 1. The van der Waals surface area contributed by atoms with Crippen LogP contribution >= 0.6 is 0 Å². The molecule has 7 nitrogen and oxygen atoms in total. The Labute approximate surface area is 156 Å². The number of rotatable bonds is 8. The largest absolute Gasteiger partial charge is 0.401 e. The van der Waals surface area contributed by atoms with Gasteiger partial charge < -0.3 is 10.6 Å². The molecule has 0 unspecified atom stereocenters. The highest BCUT2D eigenvalue weighted by atomic mass is 19.4. The maximum atomic E-state index is 12.6. The maximum absolute atomic E-state index is 12.6. The number of carbonyl (C=O) groups excluding carboxylic acids is 3. The third-order valence-corrected chi connectivity index (χ3v) is 5.00. The van der Waals surface area contributed by atoms with E-state index in [9.17, 15) is 27.6 Å². The monoisotopic (exact) mass is 392 g/mol. The van der Waals surface area contributed by atoms with Gasteiger partial charge in [0.2, 0.25) is 5.91 Å². The van der Waals surface area contributed by atoms with E-state index in [2.05, 4.69) is 10.6 Å². The average Bonchev–Trinajstić information content (AvgIpc) is 2.79. The van der Waals surface area contributed by atoms with E-state index in [4.69, 9.17) is 0 Å². The van der Waals surface area contributed by atoms with Crippen molar-refractivity contribution in [2.24, 2.45) is 0 Å². The fourth-order valence-corrected chi connectivity index (χ4v) is 3.64. The van der Waals surface area contributed by atoms with Crippen molar-refractivity contribution in [3.05, 3.63) is 0 Å². The van der Waals surface area contributed by atoms with Crippen LogP contribution in [0, 0.1) is 0 Å². The van der Waals surface area contributed by atoms with Gasteiger partial charge in [0.25, 0.3) is 5.91 Å². The van der Waals surface area contributed by atoms with Crippen LogP contribution in [0.2, 0.25) is 0 Å². The minimum absolute atomic E-state index is 0.00618. The quantitative estimate of drug-likeness (QED) is 0.486. The molecular formula is C17H27F3N4O3. The summed E-state index contributed by atoms with van der Waals surface area (Å²) in [7, 11) is 1.37. The minimum atomic E-state index is -4.24. The first kappa shape index (κ1) is 21.5. The molecule has 2 rings (SSSR count). The van der Waals surface area contributed by atoms with Gasteiger partial charge in [0.1, 0.15) is 5.54 Å². The first-order chi connectivity index (χ1) is 12.6. The molecule has 0 aromatic rings. The third kappa shape index (κ3) is 6.08. The Balaban J connectivity index is 1.67. The van der Waals surface area contributed by atoms with Crippen LogP contribution < -0.4 is 10.6 Å². The highest BCUT2D eigenvalue weighted by Crippen LogP contribution is 2.33. The summed E-state index contributed by atoms with van der Waals surface area (Å²) in [6, 6.07) is -0.455. The number of hydrogen-bond acceptors (Lipinski definition) is 4. The molecule has 0 aromatic carbocycles. The summed E-state index contributed by atoms with van der Waals surface area (Å²) in [5.74, 6) is -0.590. The van der Waals surface area contributed by atoms with E-state index < -0.39 is 24.3 Å². The Hall–Kier alpha value is -1.84. The Morgan fingerprint density at radius 3 is 2.56 bits per heavy atom. The van der Waals surface area contributed by atoms with Crippen molar-refractivity contribution in [3.8, 4) is 0 Å². The summed E-state index contributed by atoms with van der Waals surface area (Å²) in [5, 5.41) is 5.39. The molecule has 0 bridgehead atoms. The van der Waals surface area contributed by atoms with Crippen LogP contribution in [0.5, 0.6) is 0 Å². The van der Waals surface area contributed by atoms with Crippen LogP contribution in [0.4, 0.5) is 18.0 Å². The number of hydrogen-bond donors (Lipinski definition) is 2. The summed E-state index contributed by atoms with van der Waals surface area (Å²) >= 11 is 0. The first-order valence-electron chi connectivity index (χ1n) is 9.29. The lowest BCUT2D eigenvalue weighted by Crippen LogP contribution is -2.48. The van der Waals surface area contributed by atoms with Crippen molar-refractivity contribution in [1.82, 2.24) is 20.4 Å². The second-order valence-electron chi connectivity index (χ2n) is 7.34. The molecule has 1 saturated heterocycles. The van der Waals surface area contributed by atoms with Crippen LogP contribution in [0.15, 0.2) is 0 Å². The van der Waals surface area contributed by atoms with E-state index in [1.807, 2.05) is 0 Å². The Bertz CT molecular complexity index is 562. The van der Waals surface area contributed by atoms with Gasteiger partial charge >= 0.3 is 12.2 Å².